The van der Waals surface area contributed by atoms with Gasteiger partial charge in [-0.05, 0) is 25.5 Å². The van der Waals surface area contributed by atoms with Gasteiger partial charge in [0.15, 0.2) is 11.2 Å². The molecular weight excluding hydrogens is 296 g/mol. The third kappa shape index (κ3) is 2.83. The number of anilines is 1. The van der Waals surface area contributed by atoms with E-state index in [1.807, 2.05) is 32.0 Å². The van der Waals surface area contributed by atoms with Crippen LogP contribution in [0.1, 0.15) is 11.1 Å². The topological polar surface area (TPSA) is 94.7 Å². The first kappa shape index (κ1) is 14.9. The Kier molecular flexibility index (Phi) is 3.65. The number of rotatable bonds is 3. The second-order valence-corrected chi connectivity index (χ2v) is 5.43. The van der Waals surface area contributed by atoms with Crippen LogP contribution in [0, 0.1) is 13.8 Å². The molecule has 0 aliphatic carbocycles. The van der Waals surface area contributed by atoms with Crippen LogP contribution in [-0.2, 0) is 18.4 Å². The fourth-order valence-electron chi connectivity index (χ4n) is 2.36. The average Bonchev–Trinajstić information content (AvgIpc) is 2.87. The summed E-state index contributed by atoms with van der Waals surface area (Å²) in [6.07, 6.45) is 1.33. The van der Waals surface area contributed by atoms with Crippen LogP contribution in [0.4, 0.5) is 5.69 Å². The van der Waals surface area contributed by atoms with Gasteiger partial charge in [0.1, 0.15) is 12.9 Å². The predicted octanol–water partition coefficient (Wildman–Crippen LogP) is 0.781. The lowest BCUT2D eigenvalue weighted by Crippen LogP contribution is -2.28. The van der Waals surface area contributed by atoms with Crippen molar-refractivity contribution in [2.45, 2.75) is 20.4 Å². The molecule has 0 saturated heterocycles. The number of fused-ring (bicyclic) bond motifs is 1. The molecule has 0 spiro atoms. The van der Waals surface area contributed by atoms with Gasteiger partial charge >= 0.3 is 0 Å². The summed E-state index contributed by atoms with van der Waals surface area (Å²) in [6, 6.07) is 5.74. The molecule has 8 heteroatoms. The second kappa shape index (κ2) is 5.64. The highest BCUT2D eigenvalue weighted by Crippen LogP contribution is 2.15. The number of carbonyl (C=O) groups excluding carboxylic acids is 1. The van der Waals surface area contributed by atoms with E-state index in [9.17, 15) is 9.59 Å². The van der Waals surface area contributed by atoms with Crippen molar-refractivity contribution in [2.24, 2.45) is 7.05 Å². The maximum atomic E-state index is 12.3. The van der Waals surface area contributed by atoms with Gasteiger partial charge in [0.25, 0.3) is 5.56 Å². The molecule has 2 aromatic heterocycles. The number of nitrogens with zero attached hydrogens (tertiary/aromatic N) is 5. The van der Waals surface area contributed by atoms with Crippen LogP contribution in [-0.4, -0.2) is 30.5 Å². The van der Waals surface area contributed by atoms with Crippen LogP contribution in [0.3, 0.4) is 0 Å². The maximum absolute atomic E-state index is 12.3. The number of aryl methyl sites for hydroxylation is 3. The third-order valence-corrected chi connectivity index (χ3v) is 3.55. The van der Waals surface area contributed by atoms with Crippen LogP contribution >= 0.6 is 0 Å². The molecule has 23 heavy (non-hydrogen) atoms. The van der Waals surface area contributed by atoms with Gasteiger partial charge < -0.3 is 5.32 Å². The van der Waals surface area contributed by atoms with Gasteiger partial charge in [-0.15, -0.1) is 5.10 Å². The van der Waals surface area contributed by atoms with Gasteiger partial charge in [0.2, 0.25) is 5.91 Å². The first-order chi connectivity index (χ1) is 11.0. The number of hydrogen-bond acceptors (Lipinski definition) is 5. The molecule has 3 aromatic rings. The standard InChI is InChI=1S/C15H16N6O2/c1-9-4-5-11(10(2)6-9)17-12(22)7-21-8-16-14-13(15(21)23)18-19-20(14)3/h4-6,8H,7H2,1-3H3,(H,17,22). The molecule has 1 aromatic carbocycles. The lowest BCUT2D eigenvalue weighted by atomic mass is 10.1. The molecule has 8 nitrogen and oxygen atoms in total. The highest BCUT2D eigenvalue weighted by Gasteiger charge is 2.12. The lowest BCUT2D eigenvalue weighted by molar-refractivity contribution is -0.116. The van der Waals surface area contributed by atoms with Crippen molar-refractivity contribution in [3.8, 4) is 0 Å². The molecule has 2 heterocycles. The molecule has 3 rings (SSSR count). The molecule has 0 atom stereocenters. The Labute approximate surface area is 131 Å². The number of amides is 1. The minimum absolute atomic E-state index is 0.133. The fraction of sp³-hybridized carbons (Fsp3) is 0.267. The largest absolute Gasteiger partial charge is 0.324 e. The molecule has 118 valence electrons. The van der Waals surface area contributed by atoms with E-state index in [0.29, 0.717) is 5.65 Å². The number of hydrogen-bond donors (Lipinski definition) is 1. The predicted molar refractivity (Wildman–Crippen MR) is 85.1 cm³/mol. The zero-order valence-corrected chi connectivity index (χ0v) is 13.1. The van der Waals surface area contributed by atoms with E-state index in [1.54, 1.807) is 7.05 Å². The molecular formula is C15H16N6O2. The second-order valence-electron chi connectivity index (χ2n) is 5.43. The smallest absolute Gasteiger partial charge is 0.283 e. The quantitative estimate of drug-likeness (QED) is 0.771. The van der Waals surface area contributed by atoms with Gasteiger partial charge in [-0.25, -0.2) is 9.67 Å². The Morgan fingerprint density at radius 2 is 2.09 bits per heavy atom. The van der Waals surface area contributed by atoms with Crippen molar-refractivity contribution in [3.05, 3.63) is 46.0 Å². The van der Waals surface area contributed by atoms with Gasteiger partial charge in [-0.2, -0.15) is 0 Å². The van der Waals surface area contributed by atoms with Crippen LogP contribution in [0.5, 0.6) is 0 Å². The summed E-state index contributed by atoms with van der Waals surface area (Å²) in [7, 11) is 1.65. The molecule has 1 N–H and O–H groups in total. The molecule has 0 aliphatic rings. The number of benzene rings is 1. The SMILES string of the molecule is Cc1ccc(NC(=O)Cn2cnc3c(nnn3C)c2=O)c(C)c1. The Balaban J connectivity index is 1.83. The fourth-order valence-corrected chi connectivity index (χ4v) is 2.36. The van der Waals surface area contributed by atoms with Crippen LogP contribution in [0.15, 0.2) is 29.3 Å². The van der Waals surface area contributed by atoms with Gasteiger partial charge in [-0.1, -0.05) is 22.9 Å². The highest BCUT2D eigenvalue weighted by molar-refractivity contribution is 5.91. The van der Waals surface area contributed by atoms with E-state index in [2.05, 4.69) is 20.6 Å². The summed E-state index contributed by atoms with van der Waals surface area (Å²) in [5.74, 6) is -0.302. The Morgan fingerprint density at radius 1 is 1.30 bits per heavy atom. The van der Waals surface area contributed by atoms with E-state index in [-0.39, 0.29) is 23.5 Å². The molecule has 1 amide bonds. The minimum atomic E-state index is -0.390. The van der Waals surface area contributed by atoms with E-state index in [1.165, 1.54) is 15.6 Å². The van der Waals surface area contributed by atoms with Crippen LogP contribution < -0.4 is 10.9 Å². The van der Waals surface area contributed by atoms with Gasteiger partial charge in [0.05, 0.1) is 0 Å². The van der Waals surface area contributed by atoms with Crippen molar-refractivity contribution in [2.75, 3.05) is 5.32 Å². The Bertz CT molecular complexity index is 956. The molecule has 0 saturated carbocycles. The van der Waals surface area contributed by atoms with E-state index >= 15 is 0 Å². The first-order valence-electron chi connectivity index (χ1n) is 7.07. The minimum Gasteiger partial charge on any atom is -0.324 e. The van der Waals surface area contributed by atoms with Crippen molar-refractivity contribution < 1.29 is 4.79 Å². The number of aromatic nitrogens is 5. The van der Waals surface area contributed by atoms with Crippen LogP contribution in [0.2, 0.25) is 0 Å². The third-order valence-electron chi connectivity index (χ3n) is 3.55. The number of carbonyl (C=O) groups is 1. The molecule has 0 bridgehead atoms. The Hall–Kier alpha value is -3.03. The van der Waals surface area contributed by atoms with E-state index in [0.717, 1.165) is 16.8 Å². The first-order valence-corrected chi connectivity index (χ1v) is 7.07. The van der Waals surface area contributed by atoms with Crippen molar-refractivity contribution >= 4 is 22.8 Å². The summed E-state index contributed by atoms with van der Waals surface area (Å²) in [5.41, 5.74) is 2.96. The van der Waals surface area contributed by atoms with Crippen molar-refractivity contribution in [1.82, 2.24) is 24.5 Å². The van der Waals surface area contributed by atoms with Crippen molar-refractivity contribution in [3.63, 3.8) is 0 Å². The summed E-state index contributed by atoms with van der Waals surface area (Å²) < 4.78 is 2.63. The number of nitrogens with one attached hydrogen (secondary N) is 1. The van der Waals surface area contributed by atoms with E-state index < -0.39 is 0 Å². The molecule has 0 aliphatic heterocycles. The summed E-state index contributed by atoms with van der Waals surface area (Å²) in [6.45, 7) is 3.77. The zero-order valence-electron chi connectivity index (χ0n) is 13.1. The Morgan fingerprint density at radius 3 is 2.83 bits per heavy atom. The molecule has 0 fully saturated rings. The van der Waals surface area contributed by atoms with Gasteiger partial charge in [0, 0.05) is 12.7 Å². The highest BCUT2D eigenvalue weighted by atomic mass is 16.2. The average molecular weight is 312 g/mol. The van der Waals surface area contributed by atoms with Gasteiger partial charge in [-0.3, -0.25) is 14.2 Å². The van der Waals surface area contributed by atoms with E-state index in [4.69, 9.17) is 0 Å². The van der Waals surface area contributed by atoms with Crippen molar-refractivity contribution in [1.29, 1.82) is 0 Å². The monoisotopic (exact) mass is 312 g/mol. The summed E-state index contributed by atoms with van der Waals surface area (Å²) in [5, 5.41) is 10.3. The summed E-state index contributed by atoms with van der Waals surface area (Å²) >= 11 is 0. The molecule has 0 unspecified atom stereocenters. The normalized spacial score (nSPS) is 10.9. The maximum Gasteiger partial charge on any atom is 0.283 e. The van der Waals surface area contributed by atoms with Crippen LogP contribution in [0.25, 0.3) is 11.2 Å². The zero-order chi connectivity index (χ0) is 16.6. The molecule has 0 radical (unpaired) electrons. The summed E-state index contributed by atoms with van der Waals surface area (Å²) in [4.78, 5) is 28.6. The lowest BCUT2D eigenvalue weighted by Gasteiger charge is -2.10.